The molecule has 0 spiro atoms. The lowest BCUT2D eigenvalue weighted by Crippen LogP contribution is -2.33. The van der Waals surface area contributed by atoms with Crippen molar-refractivity contribution in [3.8, 4) is 0 Å². The fourth-order valence-corrected chi connectivity index (χ4v) is 0.749. The number of anilines is 2. The maximum absolute atomic E-state index is 11.2. The highest BCUT2D eigenvalue weighted by Crippen LogP contribution is 2.04. The van der Waals surface area contributed by atoms with Crippen LogP contribution in [0.25, 0.3) is 0 Å². The number of amides is 1. The summed E-state index contributed by atoms with van der Waals surface area (Å²) in [7, 11) is 0. The van der Waals surface area contributed by atoms with E-state index < -0.39 is 0 Å². The van der Waals surface area contributed by atoms with Crippen LogP contribution in [0.3, 0.4) is 0 Å². The average Bonchev–Trinajstić information content (AvgIpc) is 2.16. The molecule has 0 saturated carbocycles. The molecule has 0 aromatic carbocycles. The van der Waals surface area contributed by atoms with E-state index in [0.717, 1.165) is 0 Å². The topological polar surface area (TPSA) is 80.0 Å². The Morgan fingerprint density at radius 3 is 2.71 bits per heavy atom. The smallest absolute Gasteiger partial charge is 0.240 e. The molecule has 0 unspecified atom stereocenters. The number of rotatable bonds is 3. The number of hydrogen-bond acceptors (Lipinski definition) is 4. The summed E-state index contributed by atoms with van der Waals surface area (Å²) in [5, 5.41) is 0. The highest BCUT2D eigenvalue weighted by atomic mass is 16.2. The SMILES string of the molecule is CC(C)C(=O)NNc1ccc(N)cn1. The lowest BCUT2D eigenvalue weighted by molar-refractivity contribution is -0.123. The second-order valence-electron chi connectivity index (χ2n) is 3.25. The third kappa shape index (κ3) is 2.93. The van der Waals surface area contributed by atoms with Crippen LogP contribution in [0, 0.1) is 5.92 Å². The zero-order valence-corrected chi connectivity index (χ0v) is 8.24. The monoisotopic (exact) mass is 194 g/mol. The molecule has 1 aromatic rings. The van der Waals surface area contributed by atoms with E-state index in [1.807, 2.05) is 13.8 Å². The second-order valence-corrected chi connectivity index (χ2v) is 3.25. The summed E-state index contributed by atoms with van der Waals surface area (Å²) in [6, 6.07) is 3.40. The predicted octanol–water partition coefficient (Wildman–Crippen LogP) is 0.763. The first-order chi connectivity index (χ1) is 6.59. The van der Waals surface area contributed by atoms with Crippen LogP contribution in [0.1, 0.15) is 13.8 Å². The molecule has 4 N–H and O–H groups in total. The van der Waals surface area contributed by atoms with E-state index in [-0.39, 0.29) is 11.8 Å². The van der Waals surface area contributed by atoms with E-state index in [4.69, 9.17) is 5.73 Å². The highest BCUT2D eigenvalue weighted by molar-refractivity contribution is 5.78. The number of carbonyl (C=O) groups excluding carboxylic acids is 1. The molecule has 0 aliphatic rings. The summed E-state index contributed by atoms with van der Waals surface area (Å²) in [5.41, 5.74) is 11.3. The molecule has 0 atom stereocenters. The molecule has 14 heavy (non-hydrogen) atoms. The first-order valence-corrected chi connectivity index (χ1v) is 4.37. The molecular weight excluding hydrogens is 180 g/mol. The number of aromatic nitrogens is 1. The van der Waals surface area contributed by atoms with Gasteiger partial charge in [-0.25, -0.2) is 4.98 Å². The molecule has 0 aliphatic heterocycles. The third-order valence-electron chi connectivity index (χ3n) is 1.62. The van der Waals surface area contributed by atoms with Crippen molar-refractivity contribution in [2.45, 2.75) is 13.8 Å². The van der Waals surface area contributed by atoms with Crippen molar-refractivity contribution >= 4 is 17.4 Å². The van der Waals surface area contributed by atoms with E-state index in [2.05, 4.69) is 15.8 Å². The van der Waals surface area contributed by atoms with Gasteiger partial charge in [0, 0.05) is 5.92 Å². The molecular formula is C9H14N4O. The van der Waals surface area contributed by atoms with Gasteiger partial charge in [0.1, 0.15) is 5.82 Å². The van der Waals surface area contributed by atoms with Crippen molar-refractivity contribution in [1.29, 1.82) is 0 Å². The number of nitrogen functional groups attached to an aromatic ring is 1. The van der Waals surface area contributed by atoms with E-state index in [0.29, 0.717) is 11.5 Å². The summed E-state index contributed by atoms with van der Waals surface area (Å²) in [6.07, 6.45) is 1.52. The number of nitrogens with zero attached hydrogens (tertiary/aromatic N) is 1. The number of hydrazine groups is 1. The number of nitrogens with two attached hydrogens (primary N) is 1. The van der Waals surface area contributed by atoms with Crippen LogP contribution in [0.5, 0.6) is 0 Å². The van der Waals surface area contributed by atoms with Crippen molar-refractivity contribution in [3.63, 3.8) is 0 Å². The van der Waals surface area contributed by atoms with Gasteiger partial charge in [0.2, 0.25) is 5.91 Å². The molecule has 0 aliphatic carbocycles. The Bertz CT molecular complexity index is 307. The van der Waals surface area contributed by atoms with Gasteiger partial charge in [-0.15, -0.1) is 0 Å². The van der Waals surface area contributed by atoms with Crippen LogP contribution < -0.4 is 16.6 Å². The lowest BCUT2D eigenvalue weighted by Gasteiger charge is -2.09. The van der Waals surface area contributed by atoms with Crippen LogP contribution in [0.4, 0.5) is 11.5 Å². The van der Waals surface area contributed by atoms with Gasteiger partial charge in [-0.2, -0.15) is 0 Å². The van der Waals surface area contributed by atoms with E-state index in [1.165, 1.54) is 6.20 Å². The van der Waals surface area contributed by atoms with E-state index >= 15 is 0 Å². The van der Waals surface area contributed by atoms with Gasteiger partial charge in [-0.1, -0.05) is 13.8 Å². The molecule has 5 nitrogen and oxygen atoms in total. The molecule has 1 amide bonds. The third-order valence-corrected chi connectivity index (χ3v) is 1.62. The quantitative estimate of drug-likeness (QED) is 0.621. The van der Waals surface area contributed by atoms with Crippen molar-refractivity contribution < 1.29 is 4.79 Å². The first kappa shape index (κ1) is 10.3. The van der Waals surface area contributed by atoms with Gasteiger partial charge in [-0.3, -0.25) is 15.6 Å². The predicted molar refractivity (Wildman–Crippen MR) is 55.3 cm³/mol. The Kier molecular flexibility index (Phi) is 3.28. The molecule has 0 bridgehead atoms. The summed E-state index contributed by atoms with van der Waals surface area (Å²) in [6.45, 7) is 3.63. The fraction of sp³-hybridized carbons (Fsp3) is 0.333. The van der Waals surface area contributed by atoms with Crippen LogP contribution in [-0.4, -0.2) is 10.9 Å². The number of carbonyl (C=O) groups is 1. The number of nitrogens with one attached hydrogen (secondary N) is 2. The molecule has 5 heteroatoms. The van der Waals surface area contributed by atoms with Crippen molar-refractivity contribution in [2.75, 3.05) is 11.2 Å². The van der Waals surface area contributed by atoms with Crippen molar-refractivity contribution in [2.24, 2.45) is 5.92 Å². The summed E-state index contributed by atoms with van der Waals surface area (Å²) < 4.78 is 0. The Labute approximate surface area is 82.7 Å². The van der Waals surface area contributed by atoms with Gasteiger partial charge in [0.25, 0.3) is 0 Å². The molecule has 1 rings (SSSR count). The van der Waals surface area contributed by atoms with Crippen molar-refractivity contribution in [3.05, 3.63) is 18.3 Å². The highest BCUT2D eigenvalue weighted by Gasteiger charge is 2.05. The van der Waals surface area contributed by atoms with Crippen molar-refractivity contribution in [1.82, 2.24) is 10.4 Å². The molecule has 0 radical (unpaired) electrons. The zero-order valence-electron chi connectivity index (χ0n) is 8.24. The second kappa shape index (κ2) is 4.45. The first-order valence-electron chi connectivity index (χ1n) is 4.37. The number of pyridine rings is 1. The maximum atomic E-state index is 11.2. The van der Waals surface area contributed by atoms with Gasteiger partial charge >= 0.3 is 0 Å². The largest absolute Gasteiger partial charge is 0.397 e. The Hall–Kier alpha value is -1.78. The van der Waals surface area contributed by atoms with Gasteiger partial charge in [-0.05, 0) is 12.1 Å². The Morgan fingerprint density at radius 1 is 1.50 bits per heavy atom. The Morgan fingerprint density at radius 2 is 2.21 bits per heavy atom. The average molecular weight is 194 g/mol. The Balaban J connectivity index is 2.46. The minimum atomic E-state index is -0.0800. The zero-order chi connectivity index (χ0) is 10.6. The summed E-state index contributed by atoms with van der Waals surface area (Å²) >= 11 is 0. The molecule has 0 fully saturated rings. The standard InChI is InChI=1S/C9H14N4O/c1-6(2)9(14)13-12-8-4-3-7(10)5-11-8/h3-6H,10H2,1-2H3,(H,11,12)(H,13,14). The molecule has 1 aromatic heterocycles. The normalized spacial score (nSPS) is 9.93. The van der Waals surface area contributed by atoms with Crippen LogP contribution in [0.2, 0.25) is 0 Å². The van der Waals surface area contributed by atoms with Gasteiger partial charge < -0.3 is 5.73 Å². The molecule has 0 saturated heterocycles. The van der Waals surface area contributed by atoms with Crippen LogP contribution >= 0.6 is 0 Å². The van der Waals surface area contributed by atoms with E-state index in [1.54, 1.807) is 12.1 Å². The minimum Gasteiger partial charge on any atom is -0.397 e. The lowest BCUT2D eigenvalue weighted by atomic mass is 10.2. The molecule has 76 valence electrons. The van der Waals surface area contributed by atoms with E-state index in [9.17, 15) is 4.79 Å². The minimum absolute atomic E-state index is 0.0590. The maximum Gasteiger partial charge on any atom is 0.240 e. The summed E-state index contributed by atoms with van der Waals surface area (Å²) in [4.78, 5) is 15.1. The molecule has 1 heterocycles. The fourth-order valence-electron chi connectivity index (χ4n) is 0.749. The van der Waals surface area contributed by atoms with Gasteiger partial charge in [0.15, 0.2) is 0 Å². The number of hydrogen-bond donors (Lipinski definition) is 3. The van der Waals surface area contributed by atoms with Gasteiger partial charge in [0.05, 0.1) is 11.9 Å². The van der Waals surface area contributed by atoms with Crippen LogP contribution in [-0.2, 0) is 4.79 Å². The summed E-state index contributed by atoms with van der Waals surface area (Å²) in [5.74, 6) is 0.424. The van der Waals surface area contributed by atoms with Crippen LogP contribution in [0.15, 0.2) is 18.3 Å².